The first-order valence-corrected chi connectivity index (χ1v) is 8.89. The predicted molar refractivity (Wildman–Crippen MR) is 99.0 cm³/mol. The first-order chi connectivity index (χ1) is 11.8. The highest BCUT2D eigenvalue weighted by molar-refractivity contribution is 7.80. The van der Waals surface area contributed by atoms with Gasteiger partial charge in [-0.05, 0) is 48.8 Å². The zero-order valence-corrected chi connectivity index (χ0v) is 15.5. The summed E-state index contributed by atoms with van der Waals surface area (Å²) in [5.74, 6) is 0. The van der Waals surface area contributed by atoms with Gasteiger partial charge in [0.05, 0.1) is 18.2 Å². The van der Waals surface area contributed by atoms with E-state index in [0.29, 0.717) is 24.0 Å². The van der Waals surface area contributed by atoms with Crippen LogP contribution in [0, 0.1) is 0 Å². The average molecular weight is 388 g/mol. The Morgan fingerprint density at radius 2 is 2.08 bits per heavy atom. The van der Waals surface area contributed by atoms with Crippen LogP contribution < -0.4 is 5.32 Å². The second-order valence-electron chi connectivity index (χ2n) is 5.39. The van der Waals surface area contributed by atoms with Crippen molar-refractivity contribution in [2.75, 3.05) is 25.6 Å². The molecule has 1 atom stereocenters. The molecule has 136 valence electrons. The number of ether oxygens (including phenoxy) is 1. The van der Waals surface area contributed by atoms with E-state index in [0.717, 1.165) is 17.0 Å². The molecule has 0 amide bonds. The summed E-state index contributed by atoms with van der Waals surface area (Å²) in [6.07, 6.45) is -4.39. The number of rotatable bonds is 6. The molecule has 1 N–H and O–H groups in total. The van der Waals surface area contributed by atoms with Crippen LogP contribution in [0.15, 0.2) is 41.8 Å². The van der Waals surface area contributed by atoms with Gasteiger partial charge in [-0.1, -0.05) is 12.1 Å². The van der Waals surface area contributed by atoms with Gasteiger partial charge in [-0.25, -0.2) is 0 Å². The number of halogens is 3. The zero-order chi connectivity index (χ0) is 18.4. The number of methoxy groups -OCH3 is 1. The average Bonchev–Trinajstić information content (AvgIpc) is 3.09. The number of nitrogens with zero attached hydrogens (tertiary/aromatic N) is 1. The zero-order valence-electron chi connectivity index (χ0n) is 13.8. The normalized spacial score (nSPS) is 12.7. The third-order valence-electron chi connectivity index (χ3n) is 3.66. The van der Waals surface area contributed by atoms with Crippen LogP contribution in [0.4, 0.5) is 18.9 Å². The minimum Gasteiger partial charge on any atom is -0.383 e. The number of nitrogens with one attached hydrogen (secondary N) is 1. The van der Waals surface area contributed by atoms with Gasteiger partial charge in [-0.2, -0.15) is 13.2 Å². The van der Waals surface area contributed by atoms with Gasteiger partial charge in [0, 0.05) is 24.2 Å². The maximum absolute atomic E-state index is 12.9. The van der Waals surface area contributed by atoms with Crippen LogP contribution in [0.2, 0.25) is 0 Å². The van der Waals surface area contributed by atoms with Gasteiger partial charge in [-0.15, -0.1) is 11.3 Å². The van der Waals surface area contributed by atoms with Gasteiger partial charge in [0.15, 0.2) is 5.11 Å². The first-order valence-electron chi connectivity index (χ1n) is 7.60. The number of anilines is 1. The molecule has 8 heteroatoms. The first kappa shape index (κ1) is 19.7. The molecule has 0 bridgehead atoms. The number of thiophene rings is 1. The monoisotopic (exact) mass is 388 g/mol. The van der Waals surface area contributed by atoms with Crippen molar-refractivity contribution in [2.24, 2.45) is 0 Å². The van der Waals surface area contributed by atoms with Crippen molar-refractivity contribution in [1.29, 1.82) is 0 Å². The van der Waals surface area contributed by atoms with E-state index in [1.807, 2.05) is 29.3 Å². The molecular formula is C17H19F3N2OS2. The molecule has 2 aromatic rings. The molecule has 0 unspecified atom stereocenters. The molecule has 0 saturated heterocycles. The van der Waals surface area contributed by atoms with Gasteiger partial charge >= 0.3 is 6.18 Å². The van der Waals surface area contributed by atoms with Crippen LogP contribution in [-0.4, -0.2) is 30.3 Å². The summed E-state index contributed by atoms with van der Waals surface area (Å²) in [5, 5.41) is 5.25. The molecular weight excluding hydrogens is 369 g/mol. The largest absolute Gasteiger partial charge is 0.416 e. The number of thiocarbonyl (C=S) groups is 1. The van der Waals surface area contributed by atoms with Gasteiger partial charge < -0.3 is 15.0 Å². The number of alkyl halides is 3. The Labute approximate surface area is 154 Å². The second-order valence-corrected chi connectivity index (χ2v) is 6.75. The maximum Gasteiger partial charge on any atom is 0.416 e. The van der Waals surface area contributed by atoms with Gasteiger partial charge in [-0.3, -0.25) is 0 Å². The molecule has 0 saturated carbocycles. The lowest BCUT2D eigenvalue weighted by Gasteiger charge is -2.31. The van der Waals surface area contributed by atoms with Crippen LogP contribution in [0.5, 0.6) is 0 Å². The lowest BCUT2D eigenvalue weighted by atomic mass is 10.2. The van der Waals surface area contributed by atoms with Crippen LogP contribution in [-0.2, 0) is 10.9 Å². The highest BCUT2D eigenvalue weighted by Gasteiger charge is 2.30. The fourth-order valence-electron chi connectivity index (χ4n) is 2.31. The Hall–Kier alpha value is -1.64. The summed E-state index contributed by atoms with van der Waals surface area (Å²) < 4.78 is 43.7. The maximum atomic E-state index is 12.9. The second kappa shape index (κ2) is 8.64. The summed E-state index contributed by atoms with van der Waals surface area (Å²) >= 11 is 7.04. The quantitative estimate of drug-likeness (QED) is 0.690. The number of hydrogen-bond donors (Lipinski definition) is 1. The molecule has 0 aliphatic rings. The summed E-state index contributed by atoms with van der Waals surface area (Å²) in [6.45, 7) is 2.99. The Morgan fingerprint density at radius 3 is 2.68 bits per heavy atom. The van der Waals surface area contributed by atoms with Gasteiger partial charge in [0.25, 0.3) is 0 Å². The number of hydrogen-bond acceptors (Lipinski definition) is 3. The molecule has 1 aromatic carbocycles. The van der Waals surface area contributed by atoms with Crippen LogP contribution in [0.1, 0.15) is 23.4 Å². The van der Waals surface area contributed by atoms with Crippen LogP contribution >= 0.6 is 23.6 Å². The molecule has 0 spiro atoms. The summed E-state index contributed by atoms with van der Waals surface area (Å²) in [4.78, 5) is 3.02. The van der Waals surface area contributed by atoms with Crippen molar-refractivity contribution in [3.05, 3.63) is 52.2 Å². The van der Waals surface area contributed by atoms with E-state index in [1.54, 1.807) is 24.5 Å². The van der Waals surface area contributed by atoms with Crippen molar-refractivity contribution >= 4 is 34.4 Å². The van der Waals surface area contributed by atoms with Crippen LogP contribution in [0.25, 0.3) is 0 Å². The Bertz CT molecular complexity index is 689. The van der Waals surface area contributed by atoms with E-state index in [2.05, 4.69) is 5.32 Å². The van der Waals surface area contributed by atoms with E-state index >= 15 is 0 Å². The lowest BCUT2D eigenvalue weighted by molar-refractivity contribution is -0.137. The fraction of sp³-hybridized carbons (Fsp3) is 0.353. The fourth-order valence-corrected chi connectivity index (χ4v) is 3.47. The number of benzene rings is 1. The standard InChI is InChI=1S/C17H19F3N2OS2/c1-12(15-7-4-10-25-15)22(8-9-23-2)16(24)21-14-6-3-5-13(11-14)17(18,19)20/h3-7,10-12H,8-9H2,1-2H3,(H,21,24)/t12-/m1/s1. The third kappa shape index (κ3) is 5.42. The molecule has 0 aliphatic heterocycles. The van der Waals surface area contributed by atoms with Crippen molar-refractivity contribution in [1.82, 2.24) is 4.90 Å². The molecule has 0 aliphatic carbocycles. The highest BCUT2D eigenvalue weighted by atomic mass is 32.1. The van der Waals surface area contributed by atoms with Crippen LogP contribution in [0.3, 0.4) is 0 Å². The Kier molecular flexibility index (Phi) is 6.80. The van der Waals surface area contributed by atoms with Crippen molar-refractivity contribution in [2.45, 2.75) is 19.1 Å². The molecule has 0 fully saturated rings. The molecule has 25 heavy (non-hydrogen) atoms. The summed E-state index contributed by atoms with van der Waals surface area (Å²) in [6, 6.07) is 8.95. The summed E-state index contributed by atoms with van der Waals surface area (Å²) in [7, 11) is 1.59. The van der Waals surface area contributed by atoms with E-state index in [1.165, 1.54) is 6.07 Å². The van der Waals surface area contributed by atoms with Crippen molar-refractivity contribution < 1.29 is 17.9 Å². The van der Waals surface area contributed by atoms with Crippen molar-refractivity contribution in [3.63, 3.8) is 0 Å². The highest BCUT2D eigenvalue weighted by Crippen LogP contribution is 2.31. The smallest absolute Gasteiger partial charge is 0.383 e. The third-order valence-corrected chi connectivity index (χ3v) is 5.04. The molecule has 2 rings (SSSR count). The van der Waals surface area contributed by atoms with E-state index in [9.17, 15) is 13.2 Å². The summed E-state index contributed by atoms with van der Waals surface area (Å²) in [5.41, 5.74) is -0.407. The predicted octanol–water partition coefficient (Wildman–Crippen LogP) is 5.17. The minimum atomic E-state index is -4.39. The van der Waals surface area contributed by atoms with Gasteiger partial charge in [0.1, 0.15) is 0 Å². The Balaban J connectivity index is 2.16. The van der Waals surface area contributed by atoms with Crippen molar-refractivity contribution in [3.8, 4) is 0 Å². The SMILES string of the molecule is COCCN(C(=S)Nc1cccc(C(F)(F)F)c1)[C@H](C)c1cccs1. The van der Waals surface area contributed by atoms with E-state index in [4.69, 9.17) is 17.0 Å². The van der Waals surface area contributed by atoms with E-state index in [-0.39, 0.29) is 6.04 Å². The Morgan fingerprint density at radius 1 is 1.32 bits per heavy atom. The molecule has 3 nitrogen and oxygen atoms in total. The molecule has 0 radical (unpaired) electrons. The van der Waals surface area contributed by atoms with E-state index < -0.39 is 11.7 Å². The minimum absolute atomic E-state index is 0.0130. The molecule has 1 aromatic heterocycles. The topological polar surface area (TPSA) is 24.5 Å². The van der Waals surface area contributed by atoms with Gasteiger partial charge in [0.2, 0.25) is 0 Å². The molecule has 1 heterocycles. The lowest BCUT2D eigenvalue weighted by Crippen LogP contribution is -2.38.